The van der Waals surface area contributed by atoms with Crippen molar-refractivity contribution in [1.82, 2.24) is 5.32 Å². The number of carbonyl (C=O) groups is 1. The second-order valence-electron chi connectivity index (χ2n) is 6.87. The van der Waals surface area contributed by atoms with Crippen LogP contribution in [-0.2, 0) is 15.7 Å². The summed E-state index contributed by atoms with van der Waals surface area (Å²) in [5.74, 6) is -0.0832. The van der Waals surface area contributed by atoms with Gasteiger partial charge in [-0.05, 0) is 42.9 Å². The molecule has 1 aliphatic rings. The van der Waals surface area contributed by atoms with Gasteiger partial charge in [0.2, 0.25) is 5.91 Å². The Labute approximate surface area is 158 Å². The lowest BCUT2D eigenvalue weighted by atomic mass is 9.95. The number of ether oxygens (including phenoxy) is 1. The summed E-state index contributed by atoms with van der Waals surface area (Å²) in [6.07, 6.45) is -3.30. The smallest absolute Gasteiger partial charge is 0.364 e. The van der Waals surface area contributed by atoms with Gasteiger partial charge in [-0.15, -0.1) is 12.4 Å². The SMILES string of the molecule is CC(C)CC(NC(=O)[C@@H]1CC[C@H](CN)O1)c1cccc(C(F)(F)F)c1.Cl. The molecule has 1 aromatic carbocycles. The summed E-state index contributed by atoms with van der Waals surface area (Å²) in [7, 11) is 0. The van der Waals surface area contributed by atoms with Crippen molar-refractivity contribution >= 4 is 18.3 Å². The standard InChI is InChI=1S/C18H25F3N2O2.ClH/c1-11(2)8-15(12-4-3-5-13(9-12)18(19,20)21)23-17(24)16-7-6-14(10-22)25-16;/h3-5,9,11,14-16H,6-8,10,22H2,1-2H3,(H,23,24);1H/t14-,15?,16+;/m1./s1. The molecule has 0 aliphatic carbocycles. The third-order valence-corrected chi connectivity index (χ3v) is 4.30. The van der Waals surface area contributed by atoms with Crippen molar-refractivity contribution < 1.29 is 22.7 Å². The summed E-state index contributed by atoms with van der Waals surface area (Å²) in [5.41, 5.74) is 5.28. The van der Waals surface area contributed by atoms with Gasteiger partial charge in [0.15, 0.2) is 0 Å². The Bertz CT molecular complexity index is 596. The maximum absolute atomic E-state index is 13.0. The third kappa shape index (κ3) is 6.14. The minimum Gasteiger partial charge on any atom is -0.364 e. The van der Waals surface area contributed by atoms with Gasteiger partial charge in [-0.3, -0.25) is 4.79 Å². The minimum absolute atomic E-state index is 0. The second kappa shape index (κ2) is 9.58. The van der Waals surface area contributed by atoms with E-state index < -0.39 is 23.9 Å². The summed E-state index contributed by atoms with van der Waals surface area (Å²) in [5, 5.41) is 2.86. The van der Waals surface area contributed by atoms with Gasteiger partial charge in [0.25, 0.3) is 0 Å². The third-order valence-electron chi connectivity index (χ3n) is 4.30. The van der Waals surface area contributed by atoms with E-state index in [0.29, 0.717) is 31.4 Å². The molecule has 148 valence electrons. The van der Waals surface area contributed by atoms with Gasteiger partial charge in [-0.1, -0.05) is 26.0 Å². The molecule has 1 aliphatic heterocycles. The van der Waals surface area contributed by atoms with Gasteiger partial charge in [0.1, 0.15) is 6.10 Å². The maximum atomic E-state index is 13.0. The van der Waals surface area contributed by atoms with Gasteiger partial charge >= 0.3 is 6.18 Å². The first-order chi connectivity index (χ1) is 11.7. The molecule has 0 saturated carbocycles. The van der Waals surface area contributed by atoms with Crippen LogP contribution in [0, 0.1) is 5.92 Å². The van der Waals surface area contributed by atoms with E-state index in [1.54, 1.807) is 6.07 Å². The number of rotatable bonds is 6. The molecule has 1 amide bonds. The van der Waals surface area contributed by atoms with E-state index in [2.05, 4.69) is 5.32 Å². The number of halogens is 4. The number of carbonyl (C=O) groups excluding carboxylic acids is 1. The summed E-state index contributed by atoms with van der Waals surface area (Å²) < 4.78 is 44.5. The summed E-state index contributed by atoms with van der Waals surface area (Å²) in [4.78, 5) is 12.5. The zero-order chi connectivity index (χ0) is 18.6. The van der Waals surface area contributed by atoms with Crippen molar-refractivity contribution in [2.24, 2.45) is 11.7 Å². The molecule has 2 rings (SSSR count). The van der Waals surface area contributed by atoms with E-state index in [1.807, 2.05) is 13.8 Å². The Morgan fingerprint density at radius 2 is 2.04 bits per heavy atom. The molecule has 0 aromatic heterocycles. The van der Waals surface area contributed by atoms with Crippen LogP contribution in [0.4, 0.5) is 13.2 Å². The Morgan fingerprint density at radius 1 is 1.35 bits per heavy atom. The molecular weight excluding hydrogens is 369 g/mol. The lowest BCUT2D eigenvalue weighted by molar-refractivity contribution is -0.137. The molecule has 0 spiro atoms. The highest BCUT2D eigenvalue weighted by atomic mass is 35.5. The lowest BCUT2D eigenvalue weighted by Crippen LogP contribution is -2.38. The molecule has 3 N–H and O–H groups in total. The molecule has 26 heavy (non-hydrogen) atoms. The normalized spacial score (nSPS) is 21.3. The molecule has 1 heterocycles. The lowest BCUT2D eigenvalue weighted by Gasteiger charge is -2.24. The highest BCUT2D eigenvalue weighted by Gasteiger charge is 2.33. The Hall–Kier alpha value is -1.31. The Kier molecular flexibility index (Phi) is 8.37. The van der Waals surface area contributed by atoms with Crippen LogP contribution in [0.1, 0.15) is 50.3 Å². The van der Waals surface area contributed by atoms with Crippen molar-refractivity contribution in [2.45, 2.75) is 57.5 Å². The molecule has 1 aromatic rings. The molecule has 1 fully saturated rings. The average Bonchev–Trinajstić information content (AvgIpc) is 3.02. The Morgan fingerprint density at radius 3 is 2.58 bits per heavy atom. The molecule has 1 unspecified atom stereocenters. The van der Waals surface area contributed by atoms with Crippen molar-refractivity contribution in [2.75, 3.05) is 6.54 Å². The number of amides is 1. The largest absolute Gasteiger partial charge is 0.416 e. The quantitative estimate of drug-likeness (QED) is 0.770. The van der Waals surface area contributed by atoms with Crippen LogP contribution in [0.5, 0.6) is 0 Å². The first-order valence-corrected chi connectivity index (χ1v) is 8.53. The molecule has 4 nitrogen and oxygen atoms in total. The molecule has 1 saturated heterocycles. The van der Waals surface area contributed by atoms with Crippen molar-refractivity contribution in [3.8, 4) is 0 Å². The highest BCUT2D eigenvalue weighted by Crippen LogP contribution is 2.32. The molecule has 8 heteroatoms. The van der Waals surface area contributed by atoms with Gasteiger partial charge in [-0.2, -0.15) is 13.2 Å². The fraction of sp³-hybridized carbons (Fsp3) is 0.611. The second-order valence-corrected chi connectivity index (χ2v) is 6.87. The Balaban J connectivity index is 0.00000338. The first kappa shape index (κ1) is 22.7. The molecule has 0 radical (unpaired) electrons. The number of nitrogens with one attached hydrogen (secondary N) is 1. The number of benzene rings is 1. The zero-order valence-electron chi connectivity index (χ0n) is 14.9. The minimum atomic E-state index is -4.41. The average molecular weight is 395 g/mol. The maximum Gasteiger partial charge on any atom is 0.416 e. The van der Waals surface area contributed by atoms with Crippen LogP contribution < -0.4 is 11.1 Å². The van der Waals surface area contributed by atoms with E-state index in [1.165, 1.54) is 6.07 Å². The number of hydrogen-bond acceptors (Lipinski definition) is 3. The van der Waals surface area contributed by atoms with Gasteiger partial charge in [0, 0.05) is 6.54 Å². The number of hydrogen-bond donors (Lipinski definition) is 2. The summed E-state index contributed by atoms with van der Waals surface area (Å²) in [6.45, 7) is 4.28. The fourth-order valence-corrected chi connectivity index (χ4v) is 3.02. The number of nitrogens with two attached hydrogens (primary N) is 1. The molecule has 0 bridgehead atoms. The summed E-state index contributed by atoms with van der Waals surface area (Å²) in [6, 6.07) is 4.62. The van der Waals surface area contributed by atoms with Crippen molar-refractivity contribution in [3.63, 3.8) is 0 Å². The number of alkyl halides is 3. The van der Waals surface area contributed by atoms with E-state index in [9.17, 15) is 18.0 Å². The van der Waals surface area contributed by atoms with E-state index in [4.69, 9.17) is 10.5 Å². The van der Waals surface area contributed by atoms with Crippen molar-refractivity contribution in [1.29, 1.82) is 0 Å². The predicted octanol–water partition coefficient (Wildman–Crippen LogP) is 3.84. The monoisotopic (exact) mass is 394 g/mol. The van der Waals surface area contributed by atoms with E-state index >= 15 is 0 Å². The predicted molar refractivity (Wildman–Crippen MR) is 96.0 cm³/mol. The topological polar surface area (TPSA) is 64.4 Å². The van der Waals surface area contributed by atoms with E-state index in [-0.39, 0.29) is 30.3 Å². The summed E-state index contributed by atoms with van der Waals surface area (Å²) >= 11 is 0. The first-order valence-electron chi connectivity index (χ1n) is 8.53. The van der Waals surface area contributed by atoms with Crippen LogP contribution in [0.2, 0.25) is 0 Å². The highest BCUT2D eigenvalue weighted by molar-refractivity contribution is 5.85. The van der Waals surface area contributed by atoms with Gasteiger partial charge in [0.05, 0.1) is 17.7 Å². The van der Waals surface area contributed by atoms with E-state index in [0.717, 1.165) is 12.1 Å². The fourth-order valence-electron chi connectivity index (χ4n) is 3.02. The van der Waals surface area contributed by atoms with Gasteiger partial charge in [-0.25, -0.2) is 0 Å². The van der Waals surface area contributed by atoms with Crippen LogP contribution in [-0.4, -0.2) is 24.7 Å². The van der Waals surface area contributed by atoms with Crippen LogP contribution >= 0.6 is 12.4 Å². The van der Waals surface area contributed by atoms with Crippen LogP contribution in [0.3, 0.4) is 0 Å². The van der Waals surface area contributed by atoms with Gasteiger partial charge < -0.3 is 15.8 Å². The van der Waals surface area contributed by atoms with Crippen LogP contribution in [0.15, 0.2) is 24.3 Å². The van der Waals surface area contributed by atoms with Crippen molar-refractivity contribution in [3.05, 3.63) is 35.4 Å². The molecular formula is C18H26ClF3N2O2. The zero-order valence-corrected chi connectivity index (χ0v) is 15.7. The van der Waals surface area contributed by atoms with Crippen LogP contribution in [0.25, 0.3) is 0 Å². The molecule has 3 atom stereocenters.